The number of halogens is 1. The van der Waals surface area contributed by atoms with Crippen LogP contribution in [0.2, 0.25) is 5.02 Å². The molecule has 0 spiro atoms. The van der Waals surface area contributed by atoms with Crippen molar-refractivity contribution in [2.45, 2.75) is 32.1 Å². The zero-order chi connectivity index (χ0) is 18.7. The maximum atomic E-state index is 12.4. The van der Waals surface area contributed by atoms with Crippen LogP contribution in [0.1, 0.15) is 30.0 Å². The standard InChI is InChI=1S/C19H21ClN2O3S/c1-2-19(23)22-9-8-15-6-7-18(11-16(15)12-22)21-26(24,25)13-14-4-3-5-17(20)10-14/h3-7,10-11,21H,2,8-9,12-13H2,1H3. The maximum Gasteiger partial charge on any atom is 0.236 e. The van der Waals surface area contributed by atoms with Gasteiger partial charge in [0.25, 0.3) is 0 Å². The number of sulfonamides is 1. The third-order valence-electron chi connectivity index (χ3n) is 4.39. The molecule has 1 aliphatic rings. The van der Waals surface area contributed by atoms with Gasteiger partial charge < -0.3 is 4.90 Å². The molecule has 2 aromatic carbocycles. The number of hydrogen-bond acceptors (Lipinski definition) is 3. The summed E-state index contributed by atoms with van der Waals surface area (Å²) in [6, 6.07) is 12.3. The first-order chi connectivity index (χ1) is 12.4. The molecule has 0 aromatic heterocycles. The maximum absolute atomic E-state index is 12.4. The van der Waals surface area contributed by atoms with E-state index in [9.17, 15) is 13.2 Å². The number of benzene rings is 2. The highest BCUT2D eigenvalue weighted by molar-refractivity contribution is 7.91. The minimum atomic E-state index is -3.55. The highest BCUT2D eigenvalue weighted by Crippen LogP contribution is 2.24. The highest BCUT2D eigenvalue weighted by atomic mass is 35.5. The van der Waals surface area contributed by atoms with Crippen molar-refractivity contribution in [3.8, 4) is 0 Å². The van der Waals surface area contributed by atoms with Crippen LogP contribution in [-0.4, -0.2) is 25.8 Å². The van der Waals surface area contributed by atoms with E-state index in [1.165, 1.54) is 0 Å². The van der Waals surface area contributed by atoms with E-state index in [1.807, 2.05) is 24.0 Å². The van der Waals surface area contributed by atoms with Crippen LogP contribution in [0.3, 0.4) is 0 Å². The Morgan fingerprint density at radius 2 is 2.00 bits per heavy atom. The van der Waals surface area contributed by atoms with Crippen molar-refractivity contribution >= 4 is 33.2 Å². The Hall–Kier alpha value is -2.05. The lowest BCUT2D eigenvalue weighted by molar-refractivity contribution is -0.131. The summed E-state index contributed by atoms with van der Waals surface area (Å²) in [5.41, 5.74) is 3.28. The van der Waals surface area contributed by atoms with Gasteiger partial charge in [-0.05, 0) is 47.4 Å². The van der Waals surface area contributed by atoms with E-state index in [0.717, 1.165) is 17.5 Å². The average molecular weight is 393 g/mol. The molecule has 0 saturated carbocycles. The second-order valence-corrected chi connectivity index (χ2v) is 8.55. The van der Waals surface area contributed by atoms with Gasteiger partial charge in [-0.3, -0.25) is 9.52 Å². The molecule has 1 heterocycles. The Balaban J connectivity index is 1.75. The number of rotatable bonds is 5. The number of hydrogen-bond donors (Lipinski definition) is 1. The summed E-state index contributed by atoms with van der Waals surface area (Å²) in [5, 5.41) is 0.507. The van der Waals surface area contributed by atoms with Gasteiger partial charge >= 0.3 is 0 Å². The largest absolute Gasteiger partial charge is 0.338 e. The van der Waals surface area contributed by atoms with Gasteiger partial charge in [0, 0.05) is 30.2 Å². The Kier molecular flexibility index (Phi) is 5.53. The molecule has 3 rings (SSSR count). The van der Waals surface area contributed by atoms with Crippen LogP contribution in [-0.2, 0) is 33.5 Å². The molecule has 1 N–H and O–H groups in total. The van der Waals surface area contributed by atoms with E-state index in [1.54, 1.807) is 30.3 Å². The van der Waals surface area contributed by atoms with Gasteiger partial charge in [-0.25, -0.2) is 8.42 Å². The summed E-state index contributed by atoms with van der Waals surface area (Å²) in [5.74, 6) is -0.0342. The van der Waals surface area contributed by atoms with Gasteiger partial charge in [0.05, 0.1) is 5.75 Å². The number of fused-ring (bicyclic) bond motifs is 1. The summed E-state index contributed by atoms with van der Waals surface area (Å²) >= 11 is 5.92. The topological polar surface area (TPSA) is 66.5 Å². The molecule has 7 heteroatoms. The molecular weight excluding hydrogens is 372 g/mol. The summed E-state index contributed by atoms with van der Waals surface area (Å²) in [7, 11) is -3.55. The van der Waals surface area contributed by atoms with Crippen LogP contribution in [0.15, 0.2) is 42.5 Å². The molecule has 0 fully saturated rings. The van der Waals surface area contributed by atoms with Gasteiger partial charge in [0.1, 0.15) is 0 Å². The fourth-order valence-electron chi connectivity index (χ4n) is 3.12. The molecule has 0 unspecified atom stereocenters. The molecule has 0 radical (unpaired) electrons. The van der Waals surface area contributed by atoms with E-state index >= 15 is 0 Å². The van der Waals surface area contributed by atoms with Gasteiger partial charge in [-0.2, -0.15) is 0 Å². The molecule has 0 bridgehead atoms. The Bertz CT molecular complexity index is 928. The second-order valence-electron chi connectivity index (χ2n) is 6.39. The van der Waals surface area contributed by atoms with Crippen LogP contribution in [0.25, 0.3) is 0 Å². The molecule has 138 valence electrons. The minimum absolute atomic E-state index is 0.114. The van der Waals surface area contributed by atoms with Crippen molar-refractivity contribution < 1.29 is 13.2 Å². The molecule has 0 saturated heterocycles. The third-order valence-corrected chi connectivity index (χ3v) is 5.89. The van der Waals surface area contributed by atoms with Crippen LogP contribution in [0.4, 0.5) is 5.69 Å². The first-order valence-corrected chi connectivity index (χ1v) is 10.5. The fourth-order valence-corrected chi connectivity index (χ4v) is 4.51. The normalized spacial score (nSPS) is 14.0. The molecule has 26 heavy (non-hydrogen) atoms. The van der Waals surface area contributed by atoms with Crippen LogP contribution >= 0.6 is 11.6 Å². The fraction of sp³-hybridized carbons (Fsp3) is 0.316. The van der Waals surface area contributed by atoms with E-state index in [-0.39, 0.29) is 11.7 Å². The SMILES string of the molecule is CCC(=O)N1CCc2ccc(NS(=O)(=O)Cc3cccc(Cl)c3)cc2C1. The predicted molar refractivity (Wildman–Crippen MR) is 104 cm³/mol. The molecule has 0 atom stereocenters. The number of anilines is 1. The zero-order valence-electron chi connectivity index (χ0n) is 14.5. The van der Waals surface area contributed by atoms with Crippen molar-refractivity contribution in [1.29, 1.82) is 0 Å². The summed E-state index contributed by atoms with van der Waals surface area (Å²) in [6.07, 6.45) is 1.26. The quantitative estimate of drug-likeness (QED) is 0.845. The van der Waals surface area contributed by atoms with Gasteiger partial charge in [0.15, 0.2) is 0 Å². The van der Waals surface area contributed by atoms with Crippen molar-refractivity contribution in [2.24, 2.45) is 0 Å². The lowest BCUT2D eigenvalue weighted by atomic mass is 9.99. The number of nitrogens with one attached hydrogen (secondary N) is 1. The van der Waals surface area contributed by atoms with E-state index < -0.39 is 10.0 Å². The molecule has 1 aliphatic heterocycles. The average Bonchev–Trinajstić information content (AvgIpc) is 2.59. The van der Waals surface area contributed by atoms with Crippen molar-refractivity contribution in [2.75, 3.05) is 11.3 Å². The summed E-state index contributed by atoms with van der Waals surface area (Å²) < 4.78 is 27.5. The van der Waals surface area contributed by atoms with Crippen molar-refractivity contribution in [3.63, 3.8) is 0 Å². The lowest BCUT2D eigenvalue weighted by Gasteiger charge is -2.29. The monoisotopic (exact) mass is 392 g/mol. The van der Waals surface area contributed by atoms with Gasteiger partial charge in [0.2, 0.25) is 15.9 Å². The van der Waals surface area contributed by atoms with Gasteiger partial charge in [-0.15, -0.1) is 0 Å². The van der Waals surface area contributed by atoms with E-state index in [0.29, 0.717) is 35.8 Å². The third kappa shape index (κ3) is 4.56. The first-order valence-electron chi connectivity index (χ1n) is 8.51. The molecule has 5 nitrogen and oxygen atoms in total. The smallest absolute Gasteiger partial charge is 0.236 e. The van der Waals surface area contributed by atoms with Crippen LogP contribution in [0, 0.1) is 0 Å². The highest BCUT2D eigenvalue weighted by Gasteiger charge is 2.20. The van der Waals surface area contributed by atoms with E-state index in [2.05, 4.69) is 4.72 Å². The summed E-state index contributed by atoms with van der Waals surface area (Å²) in [6.45, 7) is 3.07. The summed E-state index contributed by atoms with van der Waals surface area (Å²) in [4.78, 5) is 13.7. The lowest BCUT2D eigenvalue weighted by Crippen LogP contribution is -2.35. The van der Waals surface area contributed by atoms with Crippen molar-refractivity contribution in [3.05, 3.63) is 64.2 Å². The number of nitrogens with zero attached hydrogens (tertiary/aromatic N) is 1. The van der Waals surface area contributed by atoms with Crippen LogP contribution < -0.4 is 4.72 Å². The minimum Gasteiger partial charge on any atom is -0.338 e. The predicted octanol–water partition coefficient (Wildman–Crippen LogP) is 3.58. The first kappa shape index (κ1) is 18.7. The number of carbonyl (C=O) groups is 1. The number of amides is 1. The zero-order valence-corrected chi connectivity index (χ0v) is 16.1. The molecule has 0 aliphatic carbocycles. The molecule has 2 aromatic rings. The Morgan fingerprint density at radius 1 is 1.19 bits per heavy atom. The van der Waals surface area contributed by atoms with E-state index in [4.69, 9.17) is 11.6 Å². The molecular formula is C19H21ClN2O3S. The molecule has 1 amide bonds. The Morgan fingerprint density at radius 3 is 2.73 bits per heavy atom. The second kappa shape index (κ2) is 7.68. The van der Waals surface area contributed by atoms with Gasteiger partial charge in [-0.1, -0.05) is 36.7 Å². The Labute approximate surface area is 159 Å². The van der Waals surface area contributed by atoms with Crippen LogP contribution in [0.5, 0.6) is 0 Å². The van der Waals surface area contributed by atoms with Crippen molar-refractivity contribution in [1.82, 2.24) is 4.90 Å². The number of carbonyl (C=O) groups excluding carboxylic acids is 1.